The van der Waals surface area contributed by atoms with Gasteiger partial charge in [0.25, 0.3) is 0 Å². The van der Waals surface area contributed by atoms with E-state index in [1.54, 1.807) is 0 Å². The summed E-state index contributed by atoms with van der Waals surface area (Å²) in [5.74, 6) is 0.751. The van der Waals surface area contributed by atoms with E-state index >= 15 is 0 Å². The molecule has 1 saturated heterocycles. The van der Waals surface area contributed by atoms with Crippen molar-refractivity contribution in [2.24, 2.45) is 0 Å². The van der Waals surface area contributed by atoms with E-state index in [1.807, 2.05) is 0 Å². The Morgan fingerprint density at radius 2 is 1.64 bits per heavy atom. The Morgan fingerprint density at radius 1 is 0.929 bits per heavy atom. The summed E-state index contributed by atoms with van der Waals surface area (Å²) in [6.07, 6.45) is 7.24. The molecule has 14 heavy (non-hydrogen) atoms. The molecule has 1 N–H and O–H groups in total. The fraction of sp³-hybridized carbons (Fsp3) is 1.00. The molecule has 0 radical (unpaired) electrons. The van der Waals surface area contributed by atoms with Crippen LogP contribution < -0.4 is 5.32 Å². The molecule has 2 aliphatic rings. The van der Waals surface area contributed by atoms with Crippen LogP contribution in [0.1, 0.15) is 38.5 Å². The first kappa shape index (κ1) is 10.4. The number of hydrogen-bond donors (Lipinski definition) is 1. The quantitative estimate of drug-likeness (QED) is 0.753. The first-order valence-corrected chi connectivity index (χ1v) is 7.44. The lowest BCUT2D eigenvalue weighted by atomic mass is 9.95. The van der Waals surface area contributed by atoms with E-state index in [1.165, 1.54) is 32.1 Å². The lowest BCUT2D eigenvalue weighted by Crippen LogP contribution is -2.40. The Balaban J connectivity index is 1.80. The molecule has 0 amide bonds. The van der Waals surface area contributed by atoms with Crippen LogP contribution in [-0.2, 0) is 9.84 Å². The predicted octanol–water partition coefficient (Wildman–Crippen LogP) is 1.10. The first-order valence-electron chi connectivity index (χ1n) is 5.62. The molecule has 2 rings (SSSR count). The van der Waals surface area contributed by atoms with Crippen LogP contribution in [0.4, 0.5) is 0 Å². The Kier molecular flexibility index (Phi) is 3.12. The van der Waals surface area contributed by atoms with Gasteiger partial charge < -0.3 is 5.32 Å². The Morgan fingerprint density at radius 3 is 2.21 bits per heavy atom. The van der Waals surface area contributed by atoms with E-state index in [4.69, 9.17) is 0 Å². The van der Waals surface area contributed by atoms with Crippen molar-refractivity contribution < 1.29 is 8.42 Å². The van der Waals surface area contributed by atoms with Gasteiger partial charge >= 0.3 is 0 Å². The molecule has 1 saturated carbocycles. The van der Waals surface area contributed by atoms with Crippen LogP contribution in [-0.4, -0.2) is 32.0 Å². The first-order chi connectivity index (χ1) is 6.66. The maximum Gasteiger partial charge on any atom is 0.151 e. The van der Waals surface area contributed by atoms with Crippen LogP contribution >= 0.6 is 0 Å². The standard InChI is InChI=1S/C10H19NO2S/c12-14(13)7-6-10(8-14)11-9-4-2-1-3-5-9/h9-11H,1-8H2/t10-/m1/s1. The van der Waals surface area contributed by atoms with Crippen LogP contribution in [0.2, 0.25) is 0 Å². The van der Waals surface area contributed by atoms with E-state index in [0.29, 0.717) is 17.5 Å². The molecule has 2 fully saturated rings. The second-order valence-corrected chi connectivity index (χ2v) is 6.83. The molecule has 0 spiro atoms. The molecule has 82 valence electrons. The molecule has 0 bridgehead atoms. The molecule has 3 nitrogen and oxygen atoms in total. The molecule has 0 aromatic rings. The highest BCUT2D eigenvalue weighted by Crippen LogP contribution is 2.20. The van der Waals surface area contributed by atoms with Gasteiger partial charge in [-0.25, -0.2) is 8.42 Å². The third-order valence-corrected chi connectivity index (χ3v) is 5.08. The van der Waals surface area contributed by atoms with Crippen molar-refractivity contribution in [1.82, 2.24) is 5.32 Å². The highest BCUT2D eigenvalue weighted by molar-refractivity contribution is 7.91. The summed E-state index contributed by atoms with van der Waals surface area (Å²) in [4.78, 5) is 0. The summed E-state index contributed by atoms with van der Waals surface area (Å²) >= 11 is 0. The monoisotopic (exact) mass is 217 g/mol. The van der Waals surface area contributed by atoms with E-state index in [-0.39, 0.29) is 6.04 Å². The minimum atomic E-state index is -2.71. The van der Waals surface area contributed by atoms with Gasteiger partial charge in [-0.2, -0.15) is 0 Å². The van der Waals surface area contributed by atoms with Gasteiger partial charge in [-0.15, -0.1) is 0 Å². The van der Waals surface area contributed by atoms with Gasteiger partial charge in [0, 0.05) is 12.1 Å². The number of rotatable bonds is 2. The largest absolute Gasteiger partial charge is 0.310 e. The SMILES string of the molecule is O=S1(=O)CC[C@@H](NC2CCCCC2)C1. The molecule has 1 atom stereocenters. The zero-order chi connectivity index (χ0) is 10.0. The molecular weight excluding hydrogens is 198 g/mol. The molecule has 0 aromatic carbocycles. The highest BCUT2D eigenvalue weighted by Gasteiger charge is 2.29. The van der Waals surface area contributed by atoms with Gasteiger partial charge in [-0.1, -0.05) is 19.3 Å². The molecule has 4 heteroatoms. The van der Waals surface area contributed by atoms with Crippen molar-refractivity contribution in [3.05, 3.63) is 0 Å². The molecule has 1 aliphatic heterocycles. The van der Waals surface area contributed by atoms with Gasteiger partial charge in [-0.05, 0) is 19.3 Å². The van der Waals surface area contributed by atoms with Crippen LogP contribution in [0.3, 0.4) is 0 Å². The van der Waals surface area contributed by atoms with Gasteiger partial charge in [-0.3, -0.25) is 0 Å². The van der Waals surface area contributed by atoms with Crippen LogP contribution in [0.25, 0.3) is 0 Å². The van der Waals surface area contributed by atoms with Gasteiger partial charge in [0.1, 0.15) is 0 Å². The zero-order valence-corrected chi connectivity index (χ0v) is 9.35. The third kappa shape index (κ3) is 2.70. The minimum absolute atomic E-state index is 0.239. The fourth-order valence-corrected chi connectivity index (χ4v) is 4.22. The topological polar surface area (TPSA) is 46.2 Å². The normalized spacial score (nSPS) is 33.3. The predicted molar refractivity (Wildman–Crippen MR) is 57.1 cm³/mol. The molecule has 1 heterocycles. The van der Waals surface area contributed by atoms with Crippen molar-refractivity contribution >= 4 is 9.84 Å². The van der Waals surface area contributed by atoms with Gasteiger partial charge in [0.2, 0.25) is 0 Å². The molecule has 0 unspecified atom stereocenters. The number of nitrogens with one attached hydrogen (secondary N) is 1. The molecule has 0 aromatic heterocycles. The average molecular weight is 217 g/mol. The number of hydrogen-bond acceptors (Lipinski definition) is 3. The van der Waals surface area contributed by atoms with Gasteiger partial charge in [0.05, 0.1) is 11.5 Å². The second kappa shape index (κ2) is 4.19. The van der Waals surface area contributed by atoms with E-state index in [0.717, 1.165) is 6.42 Å². The number of sulfone groups is 1. The summed E-state index contributed by atoms with van der Waals surface area (Å²) < 4.78 is 22.5. The summed E-state index contributed by atoms with van der Waals surface area (Å²) in [7, 11) is -2.71. The Labute approximate surface area is 86.2 Å². The van der Waals surface area contributed by atoms with E-state index in [2.05, 4.69) is 5.32 Å². The summed E-state index contributed by atoms with van der Waals surface area (Å²) in [6, 6.07) is 0.824. The van der Waals surface area contributed by atoms with Crippen molar-refractivity contribution in [3.63, 3.8) is 0 Å². The van der Waals surface area contributed by atoms with Crippen LogP contribution in [0.15, 0.2) is 0 Å². The Bertz CT molecular complexity index is 280. The zero-order valence-electron chi connectivity index (χ0n) is 8.54. The summed E-state index contributed by atoms with van der Waals surface area (Å²) in [5.41, 5.74) is 0. The van der Waals surface area contributed by atoms with Crippen LogP contribution in [0, 0.1) is 0 Å². The lowest BCUT2D eigenvalue weighted by molar-refractivity contribution is 0.346. The highest BCUT2D eigenvalue weighted by atomic mass is 32.2. The summed E-state index contributed by atoms with van der Waals surface area (Å²) in [6.45, 7) is 0. The summed E-state index contributed by atoms with van der Waals surface area (Å²) in [5, 5.41) is 3.49. The minimum Gasteiger partial charge on any atom is -0.310 e. The maximum atomic E-state index is 11.2. The van der Waals surface area contributed by atoms with Crippen molar-refractivity contribution in [2.45, 2.75) is 50.6 Å². The fourth-order valence-electron chi connectivity index (χ4n) is 2.53. The van der Waals surface area contributed by atoms with Gasteiger partial charge in [0.15, 0.2) is 9.84 Å². The van der Waals surface area contributed by atoms with Crippen molar-refractivity contribution in [3.8, 4) is 0 Å². The second-order valence-electron chi connectivity index (χ2n) is 4.60. The van der Waals surface area contributed by atoms with Crippen molar-refractivity contribution in [1.29, 1.82) is 0 Å². The smallest absolute Gasteiger partial charge is 0.151 e. The van der Waals surface area contributed by atoms with Crippen molar-refractivity contribution in [2.75, 3.05) is 11.5 Å². The van der Waals surface area contributed by atoms with Crippen LogP contribution in [0.5, 0.6) is 0 Å². The Hall–Kier alpha value is -0.0900. The van der Waals surface area contributed by atoms with E-state index in [9.17, 15) is 8.42 Å². The lowest BCUT2D eigenvalue weighted by Gasteiger charge is -2.25. The third-order valence-electron chi connectivity index (χ3n) is 3.31. The maximum absolute atomic E-state index is 11.2. The molecule has 1 aliphatic carbocycles. The van der Waals surface area contributed by atoms with E-state index < -0.39 is 9.84 Å². The molecular formula is C10H19NO2S. The average Bonchev–Trinajstić information content (AvgIpc) is 2.47.